The van der Waals surface area contributed by atoms with Gasteiger partial charge in [0.1, 0.15) is 5.52 Å². The molecule has 1 saturated heterocycles. The topological polar surface area (TPSA) is 70.4 Å². The van der Waals surface area contributed by atoms with Crippen LogP contribution in [0.3, 0.4) is 0 Å². The second-order valence-electron chi connectivity index (χ2n) is 8.88. The first kappa shape index (κ1) is 19.7. The summed E-state index contributed by atoms with van der Waals surface area (Å²) in [4.78, 5) is 19.3. The molecule has 1 aromatic heterocycles. The van der Waals surface area contributed by atoms with Gasteiger partial charge in [-0.05, 0) is 50.4 Å². The number of amides is 2. The van der Waals surface area contributed by atoms with Crippen LogP contribution in [0.15, 0.2) is 22.6 Å². The van der Waals surface area contributed by atoms with E-state index in [-0.39, 0.29) is 11.4 Å². The van der Waals surface area contributed by atoms with Gasteiger partial charge in [-0.25, -0.2) is 9.78 Å². The van der Waals surface area contributed by atoms with Gasteiger partial charge < -0.3 is 15.1 Å². The summed E-state index contributed by atoms with van der Waals surface area (Å²) in [7, 11) is 0. The molecule has 0 aliphatic carbocycles. The fourth-order valence-electron chi connectivity index (χ4n) is 3.50. The molecule has 2 aromatic rings. The highest BCUT2D eigenvalue weighted by atomic mass is 16.3. The number of fused-ring (bicyclic) bond motifs is 1. The number of benzene rings is 1. The van der Waals surface area contributed by atoms with Crippen molar-refractivity contribution in [3.8, 4) is 0 Å². The monoisotopic (exact) mass is 372 g/mol. The molecule has 2 N–H and O–H groups in total. The van der Waals surface area contributed by atoms with Crippen molar-refractivity contribution in [1.82, 2.24) is 15.2 Å². The van der Waals surface area contributed by atoms with Gasteiger partial charge in [0, 0.05) is 30.2 Å². The number of piperidine rings is 1. The van der Waals surface area contributed by atoms with E-state index in [1.54, 1.807) is 0 Å². The van der Waals surface area contributed by atoms with Crippen molar-refractivity contribution in [1.29, 1.82) is 0 Å². The maximum Gasteiger partial charge on any atom is 0.319 e. The summed E-state index contributed by atoms with van der Waals surface area (Å²) in [6, 6.07) is 5.69. The van der Waals surface area contributed by atoms with E-state index in [1.165, 1.54) is 12.8 Å². The number of anilines is 1. The molecule has 3 rings (SSSR count). The Kier molecular flexibility index (Phi) is 5.75. The van der Waals surface area contributed by atoms with Gasteiger partial charge in [-0.1, -0.05) is 27.7 Å². The number of oxazole rings is 1. The number of hydrogen-bond acceptors (Lipinski definition) is 4. The molecule has 2 atom stereocenters. The molecule has 1 aliphatic rings. The summed E-state index contributed by atoms with van der Waals surface area (Å²) in [5, 5.41) is 5.88. The van der Waals surface area contributed by atoms with Crippen molar-refractivity contribution in [2.75, 3.05) is 25.0 Å². The van der Waals surface area contributed by atoms with Crippen LogP contribution in [0.2, 0.25) is 0 Å². The molecule has 0 radical (unpaired) electrons. The molecule has 2 heterocycles. The van der Waals surface area contributed by atoms with E-state index in [4.69, 9.17) is 4.42 Å². The smallest absolute Gasteiger partial charge is 0.319 e. The lowest BCUT2D eigenvalue weighted by molar-refractivity contribution is 0.138. The van der Waals surface area contributed by atoms with Gasteiger partial charge in [-0.2, -0.15) is 0 Å². The van der Waals surface area contributed by atoms with E-state index in [9.17, 15) is 4.79 Å². The van der Waals surface area contributed by atoms with Crippen LogP contribution >= 0.6 is 0 Å². The van der Waals surface area contributed by atoms with Crippen molar-refractivity contribution in [3.05, 3.63) is 24.1 Å². The molecule has 6 heteroatoms. The summed E-state index contributed by atoms with van der Waals surface area (Å²) in [6.07, 6.45) is 2.55. The van der Waals surface area contributed by atoms with Crippen molar-refractivity contribution < 1.29 is 9.21 Å². The third-order valence-corrected chi connectivity index (χ3v) is 5.16. The van der Waals surface area contributed by atoms with Gasteiger partial charge in [0.15, 0.2) is 5.58 Å². The van der Waals surface area contributed by atoms with E-state index in [0.717, 1.165) is 30.1 Å². The molecule has 6 nitrogen and oxygen atoms in total. The molecule has 1 aromatic carbocycles. The Labute approximate surface area is 161 Å². The summed E-state index contributed by atoms with van der Waals surface area (Å²) in [5.41, 5.74) is 2.06. The quantitative estimate of drug-likeness (QED) is 0.836. The Morgan fingerprint density at radius 2 is 2.19 bits per heavy atom. The second kappa shape index (κ2) is 7.89. The van der Waals surface area contributed by atoms with Crippen LogP contribution in [-0.2, 0) is 5.41 Å². The summed E-state index contributed by atoms with van der Waals surface area (Å²) < 4.78 is 5.80. The maximum atomic E-state index is 12.3. The Morgan fingerprint density at radius 1 is 1.41 bits per heavy atom. The number of aromatic nitrogens is 1. The number of carbonyl (C=O) groups excluding carboxylic acids is 1. The van der Waals surface area contributed by atoms with E-state index in [2.05, 4.69) is 55.1 Å². The highest BCUT2D eigenvalue weighted by Gasteiger charge is 2.22. The lowest BCUT2D eigenvalue weighted by Crippen LogP contribution is -2.47. The normalized spacial score (nSPS) is 19.8. The Morgan fingerprint density at radius 3 is 2.89 bits per heavy atom. The molecular formula is C21H32N4O2. The minimum atomic E-state index is -0.189. The van der Waals surface area contributed by atoms with Crippen LogP contribution in [0, 0.1) is 5.92 Å². The molecule has 1 fully saturated rings. The van der Waals surface area contributed by atoms with E-state index < -0.39 is 0 Å². The molecule has 27 heavy (non-hydrogen) atoms. The number of likely N-dealkylation sites (tertiary alicyclic amines) is 1. The van der Waals surface area contributed by atoms with Crippen molar-refractivity contribution in [2.24, 2.45) is 5.92 Å². The van der Waals surface area contributed by atoms with Crippen LogP contribution in [0.5, 0.6) is 0 Å². The fraction of sp³-hybridized carbons (Fsp3) is 0.619. The predicted octanol–water partition coefficient (Wildman–Crippen LogP) is 4.37. The second-order valence-corrected chi connectivity index (χ2v) is 8.88. The molecule has 0 saturated carbocycles. The Hall–Kier alpha value is -2.08. The average Bonchev–Trinajstić information content (AvgIpc) is 3.03. The zero-order valence-electron chi connectivity index (χ0n) is 17.1. The highest BCUT2D eigenvalue weighted by molar-refractivity contribution is 5.91. The first-order chi connectivity index (χ1) is 12.7. The van der Waals surface area contributed by atoms with Gasteiger partial charge in [0.05, 0.1) is 0 Å². The average molecular weight is 373 g/mol. The predicted molar refractivity (Wildman–Crippen MR) is 109 cm³/mol. The number of nitrogens with one attached hydrogen (secondary N) is 2. The molecule has 1 aliphatic heterocycles. The lowest BCUT2D eigenvalue weighted by atomic mass is 9.97. The minimum Gasteiger partial charge on any atom is -0.440 e. The Balaban J connectivity index is 1.55. The largest absolute Gasteiger partial charge is 0.440 e. The number of hydrogen-bond donors (Lipinski definition) is 2. The third kappa shape index (κ3) is 5.01. The first-order valence-electron chi connectivity index (χ1n) is 9.92. The Bertz CT molecular complexity index is 793. The van der Waals surface area contributed by atoms with Crippen molar-refractivity contribution in [3.63, 3.8) is 0 Å². The molecule has 0 spiro atoms. The van der Waals surface area contributed by atoms with Crippen LogP contribution < -0.4 is 10.6 Å². The van der Waals surface area contributed by atoms with E-state index in [0.29, 0.717) is 24.2 Å². The van der Waals surface area contributed by atoms with Gasteiger partial charge in [-0.15, -0.1) is 0 Å². The van der Waals surface area contributed by atoms with Crippen LogP contribution in [0.1, 0.15) is 53.4 Å². The van der Waals surface area contributed by atoms with Crippen LogP contribution in [0.4, 0.5) is 10.5 Å². The zero-order valence-corrected chi connectivity index (χ0v) is 17.1. The summed E-state index contributed by atoms with van der Waals surface area (Å²) >= 11 is 0. The number of carbonyl (C=O) groups is 1. The van der Waals surface area contributed by atoms with Gasteiger partial charge in [0.2, 0.25) is 5.89 Å². The van der Waals surface area contributed by atoms with Crippen LogP contribution in [0.25, 0.3) is 11.1 Å². The number of urea groups is 1. The molecular weight excluding hydrogens is 340 g/mol. The van der Waals surface area contributed by atoms with E-state index in [1.807, 2.05) is 18.2 Å². The first-order valence-corrected chi connectivity index (χ1v) is 9.92. The molecule has 2 unspecified atom stereocenters. The number of nitrogens with zero attached hydrogens (tertiary/aromatic N) is 2. The SMILES string of the molecule is CC1CCCN(C(C)CNC(=O)Nc2ccc3oc(C(C)(C)C)nc3c2)C1. The van der Waals surface area contributed by atoms with Gasteiger partial charge >= 0.3 is 6.03 Å². The highest BCUT2D eigenvalue weighted by Crippen LogP contribution is 2.27. The molecule has 2 amide bonds. The van der Waals surface area contributed by atoms with Crippen LogP contribution in [-0.4, -0.2) is 41.6 Å². The third-order valence-electron chi connectivity index (χ3n) is 5.16. The maximum absolute atomic E-state index is 12.3. The van der Waals surface area contributed by atoms with Gasteiger partial charge in [0.25, 0.3) is 0 Å². The van der Waals surface area contributed by atoms with Crippen molar-refractivity contribution >= 4 is 22.8 Å². The molecule has 148 valence electrons. The zero-order chi connectivity index (χ0) is 19.6. The standard InChI is InChI=1S/C21H32N4O2/c1-14-7-6-10-25(13-14)15(2)12-22-20(26)23-16-8-9-18-17(11-16)24-19(27-18)21(3,4)5/h8-9,11,14-15H,6-7,10,12-13H2,1-5H3,(H2,22,23,26). The van der Waals surface area contributed by atoms with E-state index >= 15 is 0 Å². The lowest BCUT2D eigenvalue weighted by Gasteiger charge is -2.35. The summed E-state index contributed by atoms with van der Waals surface area (Å²) in [6.45, 7) is 13.5. The number of rotatable bonds is 4. The van der Waals surface area contributed by atoms with Gasteiger partial charge in [-0.3, -0.25) is 4.90 Å². The minimum absolute atomic E-state index is 0.147. The summed E-state index contributed by atoms with van der Waals surface area (Å²) in [5.74, 6) is 1.44. The fourth-order valence-corrected chi connectivity index (χ4v) is 3.50. The molecule has 0 bridgehead atoms. The van der Waals surface area contributed by atoms with Crippen molar-refractivity contribution in [2.45, 2.75) is 58.9 Å².